The van der Waals surface area contributed by atoms with Gasteiger partial charge in [0.05, 0.1) is 5.69 Å². The Morgan fingerprint density at radius 2 is 1.81 bits per heavy atom. The van der Waals surface area contributed by atoms with Crippen LogP contribution in [0.25, 0.3) is 5.69 Å². The molecule has 0 amide bonds. The third-order valence-electron chi connectivity index (χ3n) is 3.61. The number of para-hydroxylation sites is 1. The predicted molar refractivity (Wildman–Crippen MR) is 85.4 cm³/mol. The van der Waals surface area contributed by atoms with E-state index in [1.165, 1.54) is 9.13 Å². The summed E-state index contributed by atoms with van der Waals surface area (Å²) < 4.78 is 2.71. The Kier molecular flexibility index (Phi) is 4.62. The summed E-state index contributed by atoms with van der Waals surface area (Å²) in [7, 11) is 1.68. The Morgan fingerprint density at radius 3 is 2.43 bits per heavy atom. The van der Waals surface area contributed by atoms with Crippen LogP contribution in [0.2, 0.25) is 0 Å². The van der Waals surface area contributed by atoms with Crippen molar-refractivity contribution in [3.8, 4) is 5.69 Å². The van der Waals surface area contributed by atoms with Crippen LogP contribution in [0.1, 0.15) is 25.5 Å². The van der Waals surface area contributed by atoms with Crippen molar-refractivity contribution in [2.24, 2.45) is 7.05 Å². The maximum Gasteiger partial charge on any atom is 0.335 e. The molecule has 1 aromatic carbocycles. The zero-order valence-corrected chi connectivity index (χ0v) is 12.7. The van der Waals surface area contributed by atoms with Crippen molar-refractivity contribution < 1.29 is 0 Å². The van der Waals surface area contributed by atoms with E-state index < -0.39 is 0 Å². The van der Waals surface area contributed by atoms with Crippen molar-refractivity contribution >= 4 is 5.69 Å². The Labute approximate surface area is 123 Å². The van der Waals surface area contributed by atoms with E-state index in [1.54, 1.807) is 26.1 Å². The fraction of sp³-hybridized carbons (Fsp3) is 0.375. The monoisotopic (exact) mass is 287 g/mol. The molecule has 0 saturated heterocycles. The zero-order valence-electron chi connectivity index (χ0n) is 12.7. The predicted octanol–water partition coefficient (Wildman–Crippen LogP) is 2.06. The molecule has 5 nitrogen and oxygen atoms in total. The molecule has 0 spiro atoms. The number of unbranched alkanes of at least 4 members (excludes halogenated alkanes) is 1. The van der Waals surface area contributed by atoms with E-state index in [0.717, 1.165) is 19.4 Å². The summed E-state index contributed by atoms with van der Waals surface area (Å²) in [4.78, 5) is 25.0. The smallest absolute Gasteiger partial charge is 0.335 e. The molecule has 5 heteroatoms. The first kappa shape index (κ1) is 15.1. The normalized spacial score (nSPS) is 10.6. The molecule has 0 radical (unpaired) electrons. The van der Waals surface area contributed by atoms with Crippen molar-refractivity contribution in [1.82, 2.24) is 9.13 Å². The van der Waals surface area contributed by atoms with Crippen LogP contribution in [0.15, 0.2) is 39.9 Å². The second-order valence-electron chi connectivity index (χ2n) is 5.06. The standard InChI is InChI=1S/C16H21N3O2/c1-4-5-11-17-14-12(2)18(3)16(21)19(15(14)20)13-9-7-6-8-10-13/h6-10,17H,4-5,11H2,1-3H3. The molecule has 0 fully saturated rings. The summed E-state index contributed by atoms with van der Waals surface area (Å²) in [6.45, 7) is 4.60. The Bertz CT molecular complexity index is 730. The summed E-state index contributed by atoms with van der Waals surface area (Å²) in [6.07, 6.45) is 2.03. The zero-order chi connectivity index (χ0) is 15.4. The summed E-state index contributed by atoms with van der Waals surface area (Å²) in [6, 6.07) is 8.99. The molecule has 1 N–H and O–H groups in total. The molecule has 0 aliphatic heterocycles. The van der Waals surface area contributed by atoms with E-state index in [-0.39, 0.29) is 11.2 Å². The molecule has 2 rings (SSSR count). The first-order valence-corrected chi connectivity index (χ1v) is 7.19. The lowest BCUT2D eigenvalue weighted by atomic mass is 10.2. The van der Waals surface area contributed by atoms with Crippen molar-refractivity contribution in [2.45, 2.75) is 26.7 Å². The van der Waals surface area contributed by atoms with Crippen LogP contribution in [0.4, 0.5) is 5.69 Å². The van der Waals surface area contributed by atoms with Crippen molar-refractivity contribution in [3.63, 3.8) is 0 Å². The second kappa shape index (κ2) is 6.43. The van der Waals surface area contributed by atoms with Crippen LogP contribution in [-0.4, -0.2) is 15.7 Å². The molecule has 1 heterocycles. The maximum absolute atomic E-state index is 12.6. The minimum Gasteiger partial charge on any atom is -0.379 e. The highest BCUT2D eigenvalue weighted by Gasteiger charge is 2.15. The minimum atomic E-state index is -0.329. The van der Waals surface area contributed by atoms with Crippen LogP contribution in [0, 0.1) is 6.92 Å². The van der Waals surface area contributed by atoms with E-state index in [2.05, 4.69) is 12.2 Å². The average molecular weight is 287 g/mol. The van der Waals surface area contributed by atoms with Gasteiger partial charge in [0.2, 0.25) is 0 Å². The molecule has 2 aromatic rings. The SMILES string of the molecule is CCCCNc1c(C)n(C)c(=O)n(-c2ccccc2)c1=O. The molecular weight excluding hydrogens is 266 g/mol. The van der Waals surface area contributed by atoms with Gasteiger partial charge in [-0.3, -0.25) is 9.36 Å². The Balaban J connectivity index is 2.61. The van der Waals surface area contributed by atoms with Crippen LogP contribution in [0.5, 0.6) is 0 Å². The summed E-state index contributed by atoms with van der Waals surface area (Å²) in [5.74, 6) is 0. The first-order valence-electron chi connectivity index (χ1n) is 7.19. The Hall–Kier alpha value is -2.30. The fourth-order valence-electron chi connectivity index (χ4n) is 2.21. The van der Waals surface area contributed by atoms with Gasteiger partial charge in [0.25, 0.3) is 5.56 Å². The van der Waals surface area contributed by atoms with Gasteiger partial charge in [0, 0.05) is 19.3 Å². The summed E-state index contributed by atoms with van der Waals surface area (Å²) in [5.41, 5.74) is 1.12. The number of hydrogen-bond donors (Lipinski definition) is 1. The van der Waals surface area contributed by atoms with Crippen molar-refractivity contribution in [3.05, 3.63) is 56.9 Å². The van der Waals surface area contributed by atoms with Gasteiger partial charge in [-0.15, -0.1) is 0 Å². The largest absolute Gasteiger partial charge is 0.379 e. The maximum atomic E-state index is 12.6. The summed E-state index contributed by atoms with van der Waals surface area (Å²) >= 11 is 0. The molecule has 1 aromatic heterocycles. The van der Waals surface area contributed by atoms with Gasteiger partial charge in [0.1, 0.15) is 5.69 Å². The number of anilines is 1. The number of nitrogens with one attached hydrogen (secondary N) is 1. The van der Waals surface area contributed by atoms with Crippen LogP contribution < -0.4 is 16.6 Å². The fourth-order valence-corrected chi connectivity index (χ4v) is 2.21. The Morgan fingerprint density at radius 1 is 1.14 bits per heavy atom. The van der Waals surface area contributed by atoms with E-state index in [9.17, 15) is 9.59 Å². The van der Waals surface area contributed by atoms with Gasteiger partial charge in [-0.1, -0.05) is 31.5 Å². The third kappa shape index (κ3) is 2.91. The number of hydrogen-bond acceptors (Lipinski definition) is 3. The second-order valence-corrected chi connectivity index (χ2v) is 5.06. The molecule has 21 heavy (non-hydrogen) atoms. The van der Waals surface area contributed by atoms with Gasteiger partial charge >= 0.3 is 5.69 Å². The van der Waals surface area contributed by atoms with Gasteiger partial charge in [-0.05, 0) is 25.5 Å². The van der Waals surface area contributed by atoms with Gasteiger partial charge in [-0.25, -0.2) is 9.36 Å². The highest BCUT2D eigenvalue weighted by molar-refractivity contribution is 5.48. The van der Waals surface area contributed by atoms with Gasteiger partial charge in [0.15, 0.2) is 0 Å². The third-order valence-corrected chi connectivity index (χ3v) is 3.61. The topological polar surface area (TPSA) is 56.0 Å². The van der Waals surface area contributed by atoms with Gasteiger partial charge < -0.3 is 5.32 Å². The minimum absolute atomic E-state index is 0.294. The van der Waals surface area contributed by atoms with Gasteiger partial charge in [-0.2, -0.15) is 0 Å². The lowest BCUT2D eigenvalue weighted by Gasteiger charge is -2.15. The summed E-state index contributed by atoms with van der Waals surface area (Å²) in [5, 5.41) is 3.17. The van der Waals surface area contributed by atoms with E-state index in [1.807, 2.05) is 18.2 Å². The van der Waals surface area contributed by atoms with Crippen LogP contribution in [-0.2, 0) is 7.05 Å². The quantitative estimate of drug-likeness (QED) is 0.856. The lowest BCUT2D eigenvalue weighted by Crippen LogP contribution is -2.40. The number of nitrogens with zero attached hydrogens (tertiary/aromatic N) is 2. The van der Waals surface area contributed by atoms with Crippen LogP contribution >= 0.6 is 0 Å². The van der Waals surface area contributed by atoms with Crippen molar-refractivity contribution in [1.29, 1.82) is 0 Å². The molecule has 0 bridgehead atoms. The van der Waals surface area contributed by atoms with Crippen molar-refractivity contribution in [2.75, 3.05) is 11.9 Å². The molecule has 0 aliphatic rings. The molecule has 0 aliphatic carbocycles. The molecule has 0 unspecified atom stereocenters. The number of aromatic nitrogens is 2. The van der Waals surface area contributed by atoms with E-state index in [4.69, 9.17) is 0 Å². The first-order chi connectivity index (χ1) is 10.1. The van der Waals surface area contributed by atoms with E-state index in [0.29, 0.717) is 17.1 Å². The van der Waals surface area contributed by atoms with Crippen LogP contribution in [0.3, 0.4) is 0 Å². The molecule has 112 valence electrons. The molecule has 0 atom stereocenters. The molecule has 0 saturated carbocycles. The highest BCUT2D eigenvalue weighted by atomic mass is 16.2. The number of rotatable bonds is 5. The highest BCUT2D eigenvalue weighted by Crippen LogP contribution is 2.09. The van der Waals surface area contributed by atoms with E-state index >= 15 is 0 Å². The lowest BCUT2D eigenvalue weighted by molar-refractivity contribution is 0.712. The number of benzene rings is 1. The average Bonchev–Trinajstić information content (AvgIpc) is 2.50. The molecular formula is C16H21N3O2.